The van der Waals surface area contributed by atoms with E-state index in [0.29, 0.717) is 5.56 Å². The molecule has 1 fully saturated rings. The molecule has 2 heterocycles. The molecule has 5 heteroatoms. The van der Waals surface area contributed by atoms with E-state index >= 15 is 0 Å². The third kappa shape index (κ3) is 3.80. The van der Waals surface area contributed by atoms with E-state index in [9.17, 15) is 4.79 Å². The Kier molecular flexibility index (Phi) is 4.76. The van der Waals surface area contributed by atoms with Crippen LogP contribution in [-0.4, -0.2) is 37.1 Å². The summed E-state index contributed by atoms with van der Waals surface area (Å²) in [6.45, 7) is 1.80. The number of carbonyl (C=O) groups is 1. The van der Waals surface area contributed by atoms with E-state index in [-0.39, 0.29) is 11.9 Å². The number of benzene rings is 1. The van der Waals surface area contributed by atoms with Crippen LogP contribution < -0.4 is 15.0 Å². The van der Waals surface area contributed by atoms with Gasteiger partial charge in [0.15, 0.2) is 0 Å². The van der Waals surface area contributed by atoms with Gasteiger partial charge in [0.1, 0.15) is 5.75 Å². The SMILES string of the molecule is COc1cccc(N2CCCC(NC(=O)c3cccnc3)C2)c1. The number of pyridine rings is 1. The third-order valence-corrected chi connectivity index (χ3v) is 4.10. The molecule has 0 spiro atoms. The van der Waals surface area contributed by atoms with Gasteiger partial charge in [0, 0.05) is 43.3 Å². The van der Waals surface area contributed by atoms with Gasteiger partial charge in [-0.1, -0.05) is 6.07 Å². The maximum absolute atomic E-state index is 12.3. The second kappa shape index (κ2) is 7.13. The lowest BCUT2D eigenvalue weighted by Gasteiger charge is -2.35. The van der Waals surface area contributed by atoms with Gasteiger partial charge in [-0.3, -0.25) is 9.78 Å². The Labute approximate surface area is 136 Å². The number of hydrogen-bond acceptors (Lipinski definition) is 4. The molecule has 0 radical (unpaired) electrons. The van der Waals surface area contributed by atoms with Crippen LogP contribution in [0, 0.1) is 0 Å². The summed E-state index contributed by atoms with van der Waals surface area (Å²) >= 11 is 0. The van der Waals surface area contributed by atoms with Gasteiger partial charge in [-0.2, -0.15) is 0 Å². The van der Waals surface area contributed by atoms with E-state index < -0.39 is 0 Å². The van der Waals surface area contributed by atoms with E-state index in [1.807, 2.05) is 18.2 Å². The van der Waals surface area contributed by atoms with Crippen molar-refractivity contribution in [2.45, 2.75) is 18.9 Å². The third-order valence-electron chi connectivity index (χ3n) is 4.10. The quantitative estimate of drug-likeness (QED) is 0.942. The molecule has 0 aliphatic carbocycles. The zero-order chi connectivity index (χ0) is 16.1. The van der Waals surface area contributed by atoms with Crippen molar-refractivity contribution in [1.82, 2.24) is 10.3 Å². The highest BCUT2D eigenvalue weighted by Crippen LogP contribution is 2.24. The van der Waals surface area contributed by atoms with Crippen molar-refractivity contribution < 1.29 is 9.53 Å². The predicted octanol–water partition coefficient (Wildman–Crippen LogP) is 2.49. The van der Waals surface area contributed by atoms with Gasteiger partial charge in [-0.05, 0) is 37.1 Å². The molecule has 0 bridgehead atoms. The number of nitrogens with one attached hydrogen (secondary N) is 1. The average molecular weight is 311 g/mol. The van der Waals surface area contributed by atoms with Crippen LogP contribution in [0.5, 0.6) is 5.75 Å². The molecule has 1 aromatic carbocycles. The Morgan fingerprint density at radius 1 is 1.35 bits per heavy atom. The number of aromatic nitrogens is 1. The lowest BCUT2D eigenvalue weighted by molar-refractivity contribution is 0.0933. The maximum Gasteiger partial charge on any atom is 0.253 e. The van der Waals surface area contributed by atoms with Crippen LogP contribution in [0.15, 0.2) is 48.8 Å². The first kappa shape index (κ1) is 15.3. The molecule has 1 aromatic heterocycles. The van der Waals surface area contributed by atoms with E-state index in [1.165, 1.54) is 0 Å². The van der Waals surface area contributed by atoms with Gasteiger partial charge in [-0.25, -0.2) is 0 Å². The van der Waals surface area contributed by atoms with Crippen LogP contribution in [0.1, 0.15) is 23.2 Å². The van der Waals surface area contributed by atoms with Gasteiger partial charge in [0.25, 0.3) is 5.91 Å². The molecule has 1 N–H and O–H groups in total. The van der Waals surface area contributed by atoms with Crippen molar-refractivity contribution in [2.24, 2.45) is 0 Å². The minimum atomic E-state index is -0.0596. The first-order valence-corrected chi connectivity index (χ1v) is 7.86. The van der Waals surface area contributed by atoms with E-state index in [1.54, 1.807) is 31.6 Å². The Morgan fingerprint density at radius 2 is 2.26 bits per heavy atom. The topological polar surface area (TPSA) is 54.5 Å². The fourth-order valence-electron chi connectivity index (χ4n) is 2.90. The molecule has 5 nitrogen and oxygen atoms in total. The summed E-state index contributed by atoms with van der Waals surface area (Å²) in [6.07, 6.45) is 5.31. The standard InChI is InChI=1S/C18H21N3O2/c1-23-17-8-2-7-16(11-17)21-10-4-6-15(13-21)20-18(22)14-5-3-9-19-12-14/h2-3,5,7-9,11-12,15H,4,6,10,13H2,1H3,(H,20,22). The molecular weight excluding hydrogens is 290 g/mol. The molecule has 1 amide bonds. The second-order valence-corrected chi connectivity index (χ2v) is 5.70. The highest BCUT2D eigenvalue weighted by atomic mass is 16.5. The summed E-state index contributed by atoms with van der Waals surface area (Å²) in [5.74, 6) is 0.791. The fraction of sp³-hybridized carbons (Fsp3) is 0.333. The number of carbonyl (C=O) groups excluding carboxylic acids is 1. The molecule has 1 saturated heterocycles. The highest BCUT2D eigenvalue weighted by molar-refractivity contribution is 5.94. The summed E-state index contributed by atoms with van der Waals surface area (Å²) in [4.78, 5) is 18.6. The van der Waals surface area contributed by atoms with Gasteiger partial charge in [-0.15, -0.1) is 0 Å². The van der Waals surface area contributed by atoms with E-state index in [0.717, 1.165) is 37.4 Å². The molecule has 1 unspecified atom stereocenters. The fourth-order valence-corrected chi connectivity index (χ4v) is 2.90. The Morgan fingerprint density at radius 3 is 3.04 bits per heavy atom. The van der Waals surface area contributed by atoms with Gasteiger partial charge in [0.2, 0.25) is 0 Å². The Bertz CT molecular complexity index is 660. The molecular formula is C18H21N3O2. The van der Waals surface area contributed by atoms with Crippen LogP contribution in [0.25, 0.3) is 0 Å². The molecule has 3 rings (SSSR count). The van der Waals surface area contributed by atoms with Crippen LogP contribution in [-0.2, 0) is 0 Å². The summed E-state index contributed by atoms with van der Waals surface area (Å²) < 4.78 is 5.29. The molecule has 2 aromatic rings. The minimum Gasteiger partial charge on any atom is -0.497 e. The van der Waals surface area contributed by atoms with Crippen molar-refractivity contribution in [3.8, 4) is 5.75 Å². The number of methoxy groups -OCH3 is 1. The normalized spacial score (nSPS) is 17.6. The zero-order valence-electron chi connectivity index (χ0n) is 13.2. The highest BCUT2D eigenvalue weighted by Gasteiger charge is 2.22. The monoisotopic (exact) mass is 311 g/mol. The van der Waals surface area contributed by atoms with Gasteiger partial charge >= 0.3 is 0 Å². The number of hydrogen-bond donors (Lipinski definition) is 1. The predicted molar refractivity (Wildman–Crippen MR) is 89.9 cm³/mol. The van der Waals surface area contributed by atoms with Crippen LogP contribution in [0.2, 0.25) is 0 Å². The second-order valence-electron chi connectivity index (χ2n) is 5.70. The number of ether oxygens (including phenoxy) is 1. The Balaban J connectivity index is 1.65. The average Bonchev–Trinajstić information content (AvgIpc) is 2.63. The number of nitrogens with zero attached hydrogens (tertiary/aromatic N) is 2. The summed E-state index contributed by atoms with van der Waals surface area (Å²) in [5.41, 5.74) is 1.73. The summed E-state index contributed by atoms with van der Waals surface area (Å²) in [6, 6.07) is 11.7. The van der Waals surface area contributed by atoms with Crippen LogP contribution in [0.4, 0.5) is 5.69 Å². The lowest BCUT2D eigenvalue weighted by Crippen LogP contribution is -2.47. The van der Waals surface area contributed by atoms with Crippen LogP contribution in [0.3, 0.4) is 0 Å². The van der Waals surface area contributed by atoms with Crippen molar-refractivity contribution in [2.75, 3.05) is 25.1 Å². The molecule has 23 heavy (non-hydrogen) atoms. The first-order valence-electron chi connectivity index (χ1n) is 7.86. The molecule has 120 valence electrons. The molecule has 1 aliphatic rings. The number of amides is 1. The number of anilines is 1. The largest absolute Gasteiger partial charge is 0.497 e. The van der Waals surface area contributed by atoms with Gasteiger partial charge < -0.3 is 15.0 Å². The van der Waals surface area contributed by atoms with E-state index in [4.69, 9.17) is 4.74 Å². The van der Waals surface area contributed by atoms with Crippen molar-refractivity contribution >= 4 is 11.6 Å². The smallest absolute Gasteiger partial charge is 0.253 e. The molecule has 1 atom stereocenters. The molecule has 0 saturated carbocycles. The maximum atomic E-state index is 12.3. The van der Waals surface area contributed by atoms with E-state index in [2.05, 4.69) is 21.3 Å². The zero-order valence-corrected chi connectivity index (χ0v) is 13.2. The van der Waals surface area contributed by atoms with Crippen LogP contribution >= 0.6 is 0 Å². The first-order chi connectivity index (χ1) is 11.3. The molecule has 1 aliphatic heterocycles. The summed E-state index contributed by atoms with van der Waals surface area (Å²) in [7, 11) is 1.67. The van der Waals surface area contributed by atoms with Crippen molar-refractivity contribution in [3.63, 3.8) is 0 Å². The van der Waals surface area contributed by atoms with Crippen molar-refractivity contribution in [1.29, 1.82) is 0 Å². The minimum absolute atomic E-state index is 0.0596. The van der Waals surface area contributed by atoms with Crippen molar-refractivity contribution in [3.05, 3.63) is 54.4 Å². The summed E-state index contributed by atoms with van der Waals surface area (Å²) in [5, 5.41) is 3.11. The number of rotatable bonds is 4. The lowest BCUT2D eigenvalue weighted by atomic mass is 10.0. The Hall–Kier alpha value is -2.56. The van der Waals surface area contributed by atoms with Gasteiger partial charge in [0.05, 0.1) is 12.7 Å². The number of piperidine rings is 1.